The third-order valence-corrected chi connectivity index (χ3v) is 5.61. The molecule has 1 aliphatic heterocycles. The van der Waals surface area contributed by atoms with Gasteiger partial charge in [-0.15, -0.1) is 16.9 Å². The maximum Gasteiger partial charge on any atom is 0.270 e. The van der Waals surface area contributed by atoms with Crippen LogP contribution in [-0.2, 0) is 4.79 Å². The van der Waals surface area contributed by atoms with Gasteiger partial charge in [0.15, 0.2) is 0 Å². The van der Waals surface area contributed by atoms with Gasteiger partial charge in [-0.25, -0.2) is 0 Å². The number of fused-ring (bicyclic) bond motifs is 1. The van der Waals surface area contributed by atoms with E-state index in [4.69, 9.17) is 0 Å². The SMILES string of the molecule is CC(=O)CSC1=NN=C(c2cc(-c3cccc4cnccc34)cc([N+](=O)[O-])c2)C1. The van der Waals surface area contributed by atoms with E-state index < -0.39 is 4.92 Å². The molecule has 3 aromatic rings. The zero-order chi connectivity index (χ0) is 20.4. The van der Waals surface area contributed by atoms with Gasteiger partial charge >= 0.3 is 0 Å². The third kappa shape index (κ3) is 4.07. The molecule has 0 fully saturated rings. The van der Waals surface area contributed by atoms with Crippen LogP contribution in [0, 0.1) is 10.1 Å². The van der Waals surface area contributed by atoms with E-state index in [1.807, 2.05) is 30.3 Å². The summed E-state index contributed by atoms with van der Waals surface area (Å²) in [6.07, 6.45) is 3.93. The Hall–Kier alpha value is -3.39. The minimum atomic E-state index is -0.401. The number of nitro groups is 1. The second kappa shape index (κ2) is 7.92. The Morgan fingerprint density at radius 3 is 2.79 bits per heavy atom. The van der Waals surface area contributed by atoms with Crippen LogP contribution in [0.1, 0.15) is 18.9 Å². The topological polar surface area (TPSA) is 97.8 Å². The first-order valence-corrected chi connectivity index (χ1v) is 9.88. The van der Waals surface area contributed by atoms with Crippen molar-refractivity contribution in [2.75, 3.05) is 5.75 Å². The predicted octanol–water partition coefficient (Wildman–Crippen LogP) is 4.64. The molecule has 2 heterocycles. The first kappa shape index (κ1) is 18.9. The van der Waals surface area contributed by atoms with Gasteiger partial charge < -0.3 is 0 Å². The molecule has 0 unspecified atom stereocenters. The van der Waals surface area contributed by atoms with Crippen molar-refractivity contribution in [2.45, 2.75) is 13.3 Å². The van der Waals surface area contributed by atoms with Gasteiger partial charge in [0.2, 0.25) is 0 Å². The summed E-state index contributed by atoms with van der Waals surface area (Å²) in [7, 11) is 0. The van der Waals surface area contributed by atoms with Gasteiger partial charge in [-0.2, -0.15) is 5.10 Å². The van der Waals surface area contributed by atoms with E-state index in [9.17, 15) is 14.9 Å². The van der Waals surface area contributed by atoms with Crippen LogP contribution in [0.2, 0.25) is 0 Å². The molecule has 1 aromatic heterocycles. The van der Waals surface area contributed by atoms with E-state index in [0.29, 0.717) is 23.4 Å². The fourth-order valence-corrected chi connectivity index (χ4v) is 3.87. The van der Waals surface area contributed by atoms with Crippen LogP contribution in [0.5, 0.6) is 0 Å². The van der Waals surface area contributed by atoms with Crippen molar-refractivity contribution in [1.82, 2.24) is 4.98 Å². The second-order valence-corrected chi connectivity index (χ2v) is 7.68. The maximum absolute atomic E-state index is 11.5. The maximum atomic E-state index is 11.5. The minimum absolute atomic E-state index is 0.00361. The zero-order valence-corrected chi connectivity index (χ0v) is 16.3. The van der Waals surface area contributed by atoms with Gasteiger partial charge in [-0.3, -0.25) is 19.9 Å². The number of benzene rings is 2. The molecule has 4 rings (SSSR count). The predicted molar refractivity (Wildman–Crippen MR) is 116 cm³/mol. The zero-order valence-electron chi connectivity index (χ0n) is 15.5. The molecule has 0 spiro atoms. The normalized spacial score (nSPS) is 13.3. The lowest BCUT2D eigenvalue weighted by atomic mass is 9.95. The fraction of sp³-hybridized carbons (Fsp3) is 0.143. The lowest BCUT2D eigenvalue weighted by molar-refractivity contribution is -0.384. The number of ketones is 1. The second-order valence-electron chi connectivity index (χ2n) is 6.64. The highest BCUT2D eigenvalue weighted by Crippen LogP contribution is 2.32. The highest BCUT2D eigenvalue weighted by Gasteiger charge is 2.20. The number of carbonyl (C=O) groups excluding carboxylic acids is 1. The van der Waals surface area contributed by atoms with Crippen molar-refractivity contribution in [3.8, 4) is 11.1 Å². The first-order chi connectivity index (χ1) is 14.0. The Morgan fingerprint density at radius 2 is 2.00 bits per heavy atom. The number of rotatable bonds is 5. The summed E-state index contributed by atoms with van der Waals surface area (Å²) in [5, 5.41) is 22.5. The molecule has 0 amide bonds. The molecule has 0 saturated carbocycles. The molecule has 2 aromatic carbocycles. The molecule has 0 N–H and O–H groups in total. The van der Waals surface area contributed by atoms with Crippen LogP contribution in [0.3, 0.4) is 0 Å². The molecule has 0 atom stereocenters. The van der Waals surface area contributed by atoms with Gasteiger partial charge in [0.1, 0.15) is 10.8 Å². The largest absolute Gasteiger partial charge is 0.299 e. The summed E-state index contributed by atoms with van der Waals surface area (Å²) in [6, 6.07) is 12.7. The highest BCUT2D eigenvalue weighted by atomic mass is 32.2. The molecule has 0 radical (unpaired) electrons. The summed E-state index contributed by atoms with van der Waals surface area (Å²) in [5.41, 5.74) is 2.93. The molecule has 0 saturated heterocycles. The Labute approximate surface area is 170 Å². The number of nitro benzene ring substituents is 1. The van der Waals surface area contributed by atoms with E-state index in [2.05, 4.69) is 15.2 Å². The van der Waals surface area contributed by atoms with Crippen molar-refractivity contribution in [1.29, 1.82) is 0 Å². The number of thioether (sulfide) groups is 1. The first-order valence-electron chi connectivity index (χ1n) is 8.90. The Morgan fingerprint density at radius 1 is 1.17 bits per heavy atom. The van der Waals surface area contributed by atoms with Crippen LogP contribution in [0.4, 0.5) is 5.69 Å². The van der Waals surface area contributed by atoms with Crippen LogP contribution < -0.4 is 0 Å². The molecule has 1 aliphatic rings. The summed E-state index contributed by atoms with van der Waals surface area (Å²) >= 11 is 1.35. The average Bonchev–Trinajstić information content (AvgIpc) is 3.20. The number of hydrogen-bond acceptors (Lipinski definition) is 7. The quantitative estimate of drug-likeness (QED) is 0.456. The molecular formula is C21H16N4O3S. The third-order valence-electron chi connectivity index (χ3n) is 4.50. The number of non-ortho nitro benzene ring substituents is 1. The van der Waals surface area contributed by atoms with Crippen LogP contribution >= 0.6 is 11.8 Å². The summed E-state index contributed by atoms with van der Waals surface area (Å²) in [5.74, 6) is 0.403. The van der Waals surface area contributed by atoms with E-state index >= 15 is 0 Å². The Balaban J connectivity index is 1.73. The summed E-state index contributed by atoms with van der Waals surface area (Å²) < 4.78 is 0. The number of nitrogens with zero attached hydrogens (tertiary/aromatic N) is 4. The lowest BCUT2D eigenvalue weighted by Crippen LogP contribution is -2.05. The van der Waals surface area contributed by atoms with E-state index in [0.717, 1.165) is 26.9 Å². The molecule has 8 heteroatoms. The standard InChI is InChI=1S/C21H16N4O3S/c1-13(26)12-29-21-10-20(23-24-21)16-7-15(8-17(9-16)25(27)28)18-4-2-3-14-11-22-6-5-19(14)18/h2-9,11H,10,12H2,1H3. The Kier molecular flexibility index (Phi) is 5.18. The van der Waals surface area contributed by atoms with Gasteiger partial charge in [0, 0.05) is 41.9 Å². The number of Topliss-reactive ketones (excluding diaryl/α,β-unsaturated/α-hetero) is 1. The van der Waals surface area contributed by atoms with Crippen molar-refractivity contribution in [3.63, 3.8) is 0 Å². The van der Waals surface area contributed by atoms with E-state index in [1.54, 1.807) is 18.5 Å². The summed E-state index contributed by atoms with van der Waals surface area (Å²) in [4.78, 5) is 26.5. The molecule has 29 heavy (non-hydrogen) atoms. The Bertz CT molecular complexity index is 1200. The molecule has 7 nitrogen and oxygen atoms in total. The van der Waals surface area contributed by atoms with Crippen molar-refractivity contribution >= 4 is 44.8 Å². The lowest BCUT2D eigenvalue weighted by Gasteiger charge is -2.09. The molecule has 0 bridgehead atoms. The minimum Gasteiger partial charge on any atom is -0.299 e. The fourth-order valence-electron chi connectivity index (χ4n) is 3.17. The molecule has 0 aliphatic carbocycles. The van der Waals surface area contributed by atoms with Crippen molar-refractivity contribution in [3.05, 3.63) is 70.5 Å². The van der Waals surface area contributed by atoms with Crippen LogP contribution in [0.25, 0.3) is 21.9 Å². The molecular weight excluding hydrogens is 388 g/mol. The average molecular weight is 404 g/mol. The van der Waals surface area contributed by atoms with E-state index in [1.165, 1.54) is 24.8 Å². The van der Waals surface area contributed by atoms with Crippen molar-refractivity contribution in [2.24, 2.45) is 10.2 Å². The van der Waals surface area contributed by atoms with Gasteiger partial charge in [0.05, 0.1) is 16.4 Å². The van der Waals surface area contributed by atoms with Gasteiger partial charge in [0.25, 0.3) is 5.69 Å². The number of carbonyl (C=O) groups is 1. The number of pyridine rings is 1. The number of hydrogen-bond donors (Lipinski definition) is 0. The summed E-state index contributed by atoms with van der Waals surface area (Å²) in [6.45, 7) is 1.52. The van der Waals surface area contributed by atoms with E-state index in [-0.39, 0.29) is 11.5 Å². The van der Waals surface area contributed by atoms with Crippen LogP contribution in [-0.4, -0.2) is 32.2 Å². The smallest absolute Gasteiger partial charge is 0.270 e. The molecule has 144 valence electrons. The monoisotopic (exact) mass is 404 g/mol. The van der Waals surface area contributed by atoms with Gasteiger partial charge in [-0.1, -0.05) is 18.2 Å². The number of aromatic nitrogens is 1. The van der Waals surface area contributed by atoms with Gasteiger partial charge in [-0.05, 0) is 35.6 Å². The van der Waals surface area contributed by atoms with Crippen molar-refractivity contribution < 1.29 is 9.72 Å². The van der Waals surface area contributed by atoms with Crippen LogP contribution in [0.15, 0.2) is 65.1 Å². The highest BCUT2D eigenvalue weighted by molar-refractivity contribution is 8.14.